The number of nitrogens with one attached hydrogen (secondary N) is 1. The second-order valence-corrected chi connectivity index (χ2v) is 5.57. The summed E-state index contributed by atoms with van der Waals surface area (Å²) < 4.78 is 0.849. The van der Waals surface area contributed by atoms with Crippen LogP contribution < -0.4 is 5.32 Å². The molecule has 18 heavy (non-hydrogen) atoms. The number of carbonyl (C=O) groups excluding carboxylic acids is 1. The highest BCUT2D eigenvalue weighted by molar-refractivity contribution is 9.10. The van der Waals surface area contributed by atoms with Gasteiger partial charge in [0, 0.05) is 16.9 Å². The van der Waals surface area contributed by atoms with Crippen molar-refractivity contribution in [2.45, 2.75) is 32.6 Å². The molecule has 0 aliphatic carbocycles. The van der Waals surface area contributed by atoms with E-state index in [1.807, 2.05) is 25.1 Å². The Labute approximate surface area is 122 Å². The van der Waals surface area contributed by atoms with E-state index in [1.54, 1.807) is 0 Å². The van der Waals surface area contributed by atoms with Gasteiger partial charge in [-0.3, -0.25) is 4.79 Å². The summed E-state index contributed by atoms with van der Waals surface area (Å²) >= 11 is 9.02. The number of halogens is 2. The molecule has 0 saturated heterocycles. The molecule has 0 aromatic heterocycles. The monoisotopic (exact) mass is 331 g/mol. The first-order valence-electron chi connectivity index (χ1n) is 6.25. The Balaban J connectivity index is 2.32. The molecule has 4 heteroatoms. The Morgan fingerprint density at radius 1 is 1.28 bits per heavy atom. The molecule has 1 amide bonds. The van der Waals surface area contributed by atoms with Crippen LogP contribution in [0.1, 0.15) is 41.6 Å². The van der Waals surface area contributed by atoms with E-state index in [4.69, 9.17) is 11.6 Å². The zero-order valence-corrected chi connectivity index (χ0v) is 13.0. The number of carbonyl (C=O) groups is 1. The van der Waals surface area contributed by atoms with Gasteiger partial charge in [0.15, 0.2) is 0 Å². The molecule has 0 saturated carbocycles. The minimum atomic E-state index is -0.0146. The van der Waals surface area contributed by atoms with Crippen LogP contribution in [0.5, 0.6) is 0 Å². The van der Waals surface area contributed by atoms with E-state index in [2.05, 4.69) is 21.2 Å². The molecular weight excluding hydrogens is 314 g/mol. The number of hydrogen-bond acceptors (Lipinski definition) is 1. The number of benzene rings is 1. The molecule has 1 rings (SSSR count). The minimum absolute atomic E-state index is 0.0146. The van der Waals surface area contributed by atoms with E-state index in [9.17, 15) is 4.79 Å². The van der Waals surface area contributed by atoms with Gasteiger partial charge in [-0.2, -0.15) is 0 Å². The lowest BCUT2D eigenvalue weighted by Gasteiger charge is -2.07. The van der Waals surface area contributed by atoms with E-state index in [0.29, 0.717) is 5.56 Å². The first kappa shape index (κ1) is 15.5. The molecular formula is C14H19BrClNO. The Hall–Kier alpha value is -0.540. The highest BCUT2D eigenvalue weighted by atomic mass is 79.9. The zero-order valence-electron chi connectivity index (χ0n) is 10.6. The average molecular weight is 333 g/mol. The van der Waals surface area contributed by atoms with Gasteiger partial charge in [-0.25, -0.2) is 0 Å². The molecule has 0 atom stereocenters. The summed E-state index contributed by atoms with van der Waals surface area (Å²) in [5.41, 5.74) is 1.83. The summed E-state index contributed by atoms with van der Waals surface area (Å²) in [4.78, 5) is 11.9. The van der Waals surface area contributed by atoms with E-state index >= 15 is 0 Å². The topological polar surface area (TPSA) is 29.1 Å². The Kier molecular flexibility index (Phi) is 7.36. The quantitative estimate of drug-likeness (QED) is 0.586. The number of rotatable bonds is 7. The lowest BCUT2D eigenvalue weighted by molar-refractivity contribution is 0.0952. The van der Waals surface area contributed by atoms with E-state index < -0.39 is 0 Å². The van der Waals surface area contributed by atoms with Gasteiger partial charge in [-0.15, -0.1) is 11.6 Å². The zero-order chi connectivity index (χ0) is 13.4. The average Bonchev–Trinajstić information content (AvgIpc) is 2.33. The first-order chi connectivity index (χ1) is 8.65. The molecule has 0 fully saturated rings. The van der Waals surface area contributed by atoms with Crippen LogP contribution in [-0.4, -0.2) is 18.3 Å². The Morgan fingerprint density at radius 3 is 2.67 bits per heavy atom. The van der Waals surface area contributed by atoms with Crippen molar-refractivity contribution in [2.75, 3.05) is 12.4 Å². The molecule has 0 aliphatic heterocycles. The van der Waals surface area contributed by atoms with Gasteiger partial charge in [-0.1, -0.05) is 18.9 Å². The van der Waals surface area contributed by atoms with E-state index in [1.165, 1.54) is 0 Å². The van der Waals surface area contributed by atoms with Gasteiger partial charge < -0.3 is 5.32 Å². The summed E-state index contributed by atoms with van der Waals surface area (Å²) in [6, 6.07) is 5.75. The molecule has 1 N–H and O–H groups in total. The van der Waals surface area contributed by atoms with Crippen molar-refractivity contribution in [3.05, 3.63) is 33.8 Å². The number of aryl methyl sites for hydroxylation is 1. The largest absolute Gasteiger partial charge is 0.352 e. The van der Waals surface area contributed by atoms with E-state index in [-0.39, 0.29) is 5.91 Å². The molecule has 2 nitrogen and oxygen atoms in total. The Morgan fingerprint density at radius 2 is 2.00 bits per heavy atom. The number of unbranched alkanes of at least 4 members (excludes halogenated alkanes) is 3. The third-order valence-corrected chi connectivity index (χ3v) is 3.64. The number of amides is 1. The van der Waals surface area contributed by atoms with Crippen LogP contribution in [0.4, 0.5) is 0 Å². The van der Waals surface area contributed by atoms with Gasteiger partial charge in [0.05, 0.1) is 5.56 Å². The molecule has 0 heterocycles. The SMILES string of the molecule is Cc1ccc(C(=O)NCCCCCCCl)c(Br)c1. The fourth-order valence-corrected chi connectivity index (χ4v) is 2.54. The van der Waals surface area contributed by atoms with Gasteiger partial charge >= 0.3 is 0 Å². The number of alkyl halides is 1. The fourth-order valence-electron chi connectivity index (χ4n) is 1.67. The minimum Gasteiger partial charge on any atom is -0.352 e. The third kappa shape index (κ3) is 5.40. The molecule has 0 aliphatic rings. The third-order valence-electron chi connectivity index (χ3n) is 2.72. The maximum absolute atomic E-state index is 11.9. The van der Waals surface area contributed by atoms with Crippen molar-refractivity contribution in [3.8, 4) is 0 Å². The van der Waals surface area contributed by atoms with Crippen LogP contribution in [0.3, 0.4) is 0 Å². The van der Waals surface area contributed by atoms with Crippen LogP contribution in [0.25, 0.3) is 0 Å². The lowest BCUT2D eigenvalue weighted by atomic mass is 10.1. The van der Waals surface area contributed by atoms with Crippen molar-refractivity contribution in [3.63, 3.8) is 0 Å². The van der Waals surface area contributed by atoms with Crippen LogP contribution in [-0.2, 0) is 0 Å². The fraction of sp³-hybridized carbons (Fsp3) is 0.500. The summed E-state index contributed by atoms with van der Waals surface area (Å²) in [7, 11) is 0. The van der Waals surface area contributed by atoms with Crippen molar-refractivity contribution in [1.29, 1.82) is 0 Å². The van der Waals surface area contributed by atoms with Crippen LogP contribution in [0.2, 0.25) is 0 Å². The molecule has 100 valence electrons. The van der Waals surface area contributed by atoms with Crippen molar-refractivity contribution >= 4 is 33.4 Å². The van der Waals surface area contributed by atoms with Gasteiger partial charge in [0.1, 0.15) is 0 Å². The van der Waals surface area contributed by atoms with Gasteiger partial charge in [0.25, 0.3) is 5.91 Å². The van der Waals surface area contributed by atoms with Crippen molar-refractivity contribution in [1.82, 2.24) is 5.32 Å². The first-order valence-corrected chi connectivity index (χ1v) is 7.58. The maximum atomic E-state index is 11.9. The predicted octanol–water partition coefficient (Wildman–Crippen LogP) is 4.29. The maximum Gasteiger partial charge on any atom is 0.252 e. The molecule has 1 aromatic rings. The molecule has 1 aromatic carbocycles. The van der Waals surface area contributed by atoms with Crippen LogP contribution >= 0.6 is 27.5 Å². The summed E-state index contributed by atoms with van der Waals surface area (Å²) in [5, 5.41) is 2.93. The molecule has 0 unspecified atom stereocenters. The summed E-state index contributed by atoms with van der Waals surface area (Å²) in [6.07, 6.45) is 4.31. The second-order valence-electron chi connectivity index (χ2n) is 4.34. The molecule has 0 bridgehead atoms. The summed E-state index contributed by atoms with van der Waals surface area (Å²) in [6.45, 7) is 2.73. The smallest absolute Gasteiger partial charge is 0.252 e. The standard InChI is InChI=1S/C14H19BrClNO/c1-11-6-7-12(13(15)10-11)14(18)17-9-5-3-2-4-8-16/h6-7,10H,2-5,8-9H2,1H3,(H,17,18). The predicted molar refractivity (Wildman–Crippen MR) is 80.4 cm³/mol. The highest BCUT2D eigenvalue weighted by Crippen LogP contribution is 2.18. The highest BCUT2D eigenvalue weighted by Gasteiger charge is 2.08. The van der Waals surface area contributed by atoms with Crippen molar-refractivity contribution in [2.24, 2.45) is 0 Å². The van der Waals surface area contributed by atoms with Gasteiger partial charge in [0.2, 0.25) is 0 Å². The van der Waals surface area contributed by atoms with Crippen LogP contribution in [0.15, 0.2) is 22.7 Å². The van der Waals surface area contributed by atoms with E-state index in [0.717, 1.165) is 48.1 Å². The summed E-state index contributed by atoms with van der Waals surface area (Å²) in [5.74, 6) is 0.710. The molecule has 0 radical (unpaired) electrons. The second kappa shape index (κ2) is 8.54. The molecule has 0 spiro atoms. The number of hydrogen-bond donors (Lipinski definition) is 1. The normalized spacial score (nSPS) is 10.4. The lowest BCUT2D eigenvalue weighted by Crippen LogP contribution is -2.24. The van der Waals surface area contributed by atoms with Crippen molar-refractivity contribution < 1.29 is 4.79 Å². The van der Waals surface area contributed by atoms with Gasteiger partial charge in [-0.05, 0) is 53.4 Å². The van der Waals surface area contributed by atoms with Crippen LogP contribution in [0, 0.1) is 6.92 Å². The Bertz CT molecular complexity index is 395.